The third kappa shape index (κ3) is 3.05. The number of nitrogens with zero attached hydrogens (tertiary/aromatic N) is 1. The highest BCUT2D eigenvalue weighted by Crippen LogP contribution is 2.34. The number of unbranched alkanes of at least 4 members (excludes halogenated alkanes) is 3. The Bertz CT molecular complexity index is 392. The predicted octanol–water partition coefficient (Wildman–Crippen LogP) is 3.74. The number of rotatable bonds is 6. The molecule has 0 aliphatic carbocycles. The molecule has 2 N–H and O–H groups in total. The van der Waals surface area contributed by atoms with Gasteiger partial charge in [-0.25, -0.2) is 0 Å². The highest BCUT2D eigenvalue weighted by molar-refractivity contribution is 6.30. The Hall–Kier alpha value is -0.570. The molecule has 2 rings (SSSR count). The summed E-state index contributed by atoms with van der Waals surface area (Å²) in [6.45, 7) is 5.10. The summed E-state index contributed by atoms with van der Waals surface area (Å²) >= 11 is 6.08. The van der Waals surface area contributed by atoms with Crippen LogP contribution in [0.4, 0.5) is 0 Å². The van der Waals surface area contributed by atoms with Crippen molar-refractivity contribution in [1.29, 1.82) is 0 Å². The monoisotopic (exact) mass is 266 g/mol. The Morgan fingerprint density at radius 1 is 1.33 bits per heavy atom. The van der Waals surface area contributed by atoms with E-state index in [2.05, 4.69) is 24.0 Å². The molecule has 1 aromatic rings. The zero-order chi connectivity index (χ0) is 13.0. The van der Waals surface area contributed by atoms with E-state index in [1.165, 1.54) is 36.8 Å². The lowest BCUT2D eigenvalue weighted by atomic mass is 10.1. The van der Waals surface area contributed by atoms with Gasteiger partial charge in [-0.15, -0.1) is 0 Å². The summed E-state index contributed by atoms with van der Waals surface area (Å²) in [5, 5.41) is 0.819. The summed E-state index contributed by atoms with van der Waals surface area (Å²) in [4.78, 5) is 2.50. The van der Waals surface area contributed by atoms with Gasteiger partial charge >= 0.3 is 0 Å². The minimum Gasteiger partial charge on any atom is -0.329 e. The fraction of sp³-hybridized carbons (Fsp3) is 0.600. The van der Waals surface area contributed by atoms with Crippen molar-refractivity contribution >= 4 is 11.6 Å². The van der Waals surface area contributed by atoms with Crippen LogP contribution in [0.15, 0.2) is 18.2 Å². The van der Waals surface area contributed by atoms with Gasteiger partial charge in [0.25, 0.3) is 0 Å². The van der Waals surface area contributed by atoms with Gasteiger partial charge in [0, 0.05) is 24.2 Å². The van der Waals surface area contributed by atoms with Gasteiger partial charge in [-0.05, 0) is 36.2 Å². The van der Waals surface area contributed by atoms with Crippen molar-refractivity contribution in [2.75, 3.05) is 13.1 Å². The molecule has 3 heteroatoms. The lowest BCUT2D eigenvalue weighted by Gasteiger charge is -2.23. The number of halogens is 1. The van der Waals surface area contributed by atoms with E-state index in [-0.39, 0.29) is 0 Å². The molecule has 0 bridgehead atoms. The second-order valence-corrected chi connectivity index (χ2v) is 5.56. The lowest BCUT2D eigenvalue weighted by molar-refractivity contribution is 0.215. The first kappa shape index (κ1) is 13.9. The fourth-order valence-corrected chi connectivity index (χ4v) is 2.98. The standard InChI is InChI=1S/C15H23ClN2/c1-2-3-4-5-8-18-11-12-6-7-13(16)9-14(12)15(18)10-17/h6-7,9,15H,2-5,8,10-11,17H2,1H3. The van der Waals surface area contributed by atoms with E-state index in [0.29, 0.717) is 12.6 Å². The van der Waals surface area contributed by atoms with Gasteiger partial charge in [-0.3, -0.25) is 4.90 Å². The van der Waals surface area contributed by atoms with E-state index in [0.717, 1.165) is 18.1 Å². The Balaban J connectivity index is 1.99. The molecule has 1 heterocycles. The maximum absolute atomic E-state index is 6.08. The van der Waals surface area contributed by atoms with Gasteiger partial charge in [0.15, 0.2) is 0 Å². The Labute approximate surface area is 115 Å². The first-order valence-corrected chi connectivity index (χ1v) is 7.36. The average molecular weight is 267 g/mol. The highest BCUT2D eigenvalue weighted by atomic mass is 35.5. The van der Waals surface area contributed by atoms with Crippen LogP contribution in [-0.2, 0) is 6.54 Å². The van der Waals surface area contributed by atoms with Crippen molar-refractivity contribution in [1.82, 2.24) is 4.90 Å². The maximum atomic E-state index is 6.08. The van der Waals surface area contributed by atoms with Gasteiger partial charge in [-0.2, -0.15) is 0 Å². The quantitative estimate of drug-likeness (QED) is 0.795. The highest BCUT2D eigenvalue weighted by Gasteiger charge is 2.28. The number of hydrogen-bond acceptors (Lipinski definition) is 2. The van der Waals surface area contributed by atoms with Crippen LogP contribution in [0.5, 0.6) is 0 Å². The zero-order valence-corrected chi connectivity index (χ0v) is 11.9. The summed E-state index contributed by atoms with van der Waals surface area (Å²) in [5.74, 6) is 0. The summed E-state index contributed by atoms with van der Waals surface area (Å²) in [6.07, 6.45) is 5.21. The normalized spacial score (nSPS) is 19.2. The Morgan fingerprint density at radius 3 is 2.89 bits per heavy atom. The summed E-state index contributed by atoms with van der Waals surface area (Å²) in [7, 11) is 0. The van der Waals surface area contributed by atoms with Crippen molar-refractivity contribution in [2.24, 2.45) is 5.73 Å². The molecular weight excluding hydrogens is 244 g/mol. The molecule has 0 spiro atoms. The number of fused-ring (bicyclic) bond motifs is 1. The van der Waals surface area contributed by atoms with E-state index in [4.69, 9.17) is 17.3 Å². The first-order valence-electron chi connectivity index (χ1n) is 6.98. The van der Waals surface area contributed by atoms with Crippen molar-refractivity contribution in [3.8, 4) is 0 Å². The van der Waals surface area contributed by atoms with Crippen LogP contribution in [0.3, 0.4) is 0 Å². The van der Waals surface area contributed by atoms with E-state index >= 15 is 0 Å². The third-order valence-electron chi connectivity index (χ3n) is 3.80. The summed E-state index contributed by atoms with van der Waals surface area (Å²) in [5.41, 5.74) is 8.66. The van der Waals surface area contributed by atoms with Gasteiger partial charge < -0.3 is 5.73 Å². The Morgan fingerprint density at radius 2 is 2.17 bits per heavy atom. The maximum Gasteiger partial charge on any atom is 0.0477 e. The van der Waals surface area contributed by atoms with Crippen LogP contribution in [-0.4, -0.2) is 18.0 Å². The van der Waals surface area contributed by atoms with Gasteiger partial charge in [0.05, 0.1) is 0 Å². The van der Waals surface area contributed by atoms with E-state index in [1.54, 1.807) is 0 Å². The number of hydrogen-bond donors (Lipinski definition) is 1. The average Bonchev–Trinajstić information content (AvgIpc) is 2.71. The number of nitrogens with two attached hydrogens (primary N) is 1. The molecule has 1 atom stereocenters. The molecule has 0 saturated carbocycles. The Kier molecular flexibility index (Phi) is 5.04. The molecule has 1 aromatic carbocycles. The van der Waals surface area contributed by atoms with Crippen molar-refractivity contribution in [3.05, 3.63) is 34.3 Å². The molecule has 0 fully saturated rings. The molecule has 0 saturated heterocycles. The SMILES string of the molecule is CCCCCCN1Cc2ccc(Cl)cc2C1CN. The summed E-state index contributed by atoms with van der Waals surface area (Å²) in [6, 6.07) is 6.57. The topological polar surface area (TPSA) is 29.3 Å². The lowest BCUT2D eigenvalue weighted by Crippen LogP contribution is -2.28. The minimum atomic E-state index is 0.361. The van der Waals surface area contributed by atoms with E-state index in [9.17, 15) is 0 Å². The molecule has 18 heavy (non-hydrogen) atoms. The van der Waals surface area contributed by atoms with Crippen LogP contribution in [0.1, 0.15) is 49.8 Å². The molecule has 0 aromatic heterocycles. The molecule has 100 valence electrons. The second kappa shape index (κ2) is 6.55. The van der Waals surface area contributed by atoms with Crippen molar-refractivity contribution in [2.45, 2.75) is 45.2 Å². The van der Waals surface area contributed by atoms with Crippen LogP contribution in [0, 0.1) is 0 Å². The van der Waals surface area contributed by atoms with Crippen molar-refractivity contribution < 1.29 is 0 Å². The van der Waals surface area contributed by atoms with Gasteiger partial charge in [-0.1, -0.05) is 43.9 Å². The second-order valence-electron chi connectivity index (χ2n) is 5.13. The molecule has 1 aliphatic rings. The smallest absolute Gasteiger partial charge is 0.0477 e. The van der Waals surface area contributed by atoms with Crippen LogP contribution >= 0.6 is 11.6 Å². The largest absolute Gasteiger partial charge is 0.329 e. The minimum absolute atomic E-state index is 0.361. The van der Waals surface area contributed by atoms with Crippen LogP contribution < -0.4 is 5.73 Å². The molecule has 2 nitrogen and oxygen atoms in total. The molecule has 0 radical (unpaired) electrons. The number of benzene rings is 1. The summed E-state index contributed by atoms with van der Waals surface area (Å²) < 4.78 is 0. The third-order valence-corrected chi connectivity index (χ3v) is 4.04. The molecule has 1 aliphatic heterocycles. The predicted molar refractivity (Wildman–Crippen MR) is 77.8 cm³/mol. The van der Waals surface area contributed by atoms with E-state index in [1.807, 2.05) is 6.07 Å². The van der Waals surface area contributed by atoms with Crippen LogP contribution in [0.2, 0.25) is 5.02 Å². The van der Waals surface area contributed by atoms with Gasteiger partial charge in [0.1, 0.15) is 0 Å². The van der Waals surface area contributed by atoms with Crippen molar-refractivity contribution in [3.63, 3.8) is 0 Å². The first-order chi connectivity index (χ1) is 8.76. The fourth-order valence-electron chi connectivity index (χ4n) is 2.80. The zero-order valence-electron chi connectivity index (χ0n) is 11.2. The molecule has 1 unspecified atom stereocenters. The van der Waals surface area contributed by atoms with Crippen LogP contribution in [0.25, 0.3) is 0 Å². The van der Waals surface area contributed by atoms with E-state index < -0.39 is 0 Å². The molecular formula is C15H23ClN2. The van der Waals surface area contributed by atoms with Gasteiger partial charge in [0.2, 0.25) is 0 Å². The molecule has 0 amide bonds.